The average Bonchev–Trinajstić information content (AvgIpc) is 3.24. The molecule has 1 unspecified atom stereocenters. The molecule has 0 aromatic heterocycles. The van der Waals surface area contributed by atoms with Crippen LogP contribution in [0.2, 0.25) is 0 Å². The average molecular weight is 851 g/mol. The summed E-state index contributed by atoms with van der Waals surface area (Å²) in [6.07, 6.45) is -7.05. The van der Waals surface area contributed by atoms with Crippen LogP contribution in [0.25, 0.3) is 6.08 Å². The molecule has 0 bridgehead atoms. The Morgan fingerprint density at radius 3 is 1.69 bits per heavy atom. The predicted molar refractivity (Wildman–Crippen MR) is 215 cm³/mol. The van der Waals surface area contributed by atoms with E-state index in [1.54, 1.807) is 42.5 Å². The Morgan fingerprint density at radius 1 is 0.656 bits per heavy atom. The van der Waals surface area contributed by atoms with Crippen LogP contribution in [0.4, 0.5) is 26.3 Å². The van der Waals surface area contributed by atoms with Gasteiger partial charge in [0.2, 0.25) is 0 Å². The lowest BCUT2D eigenvalue weighted by molar-refractivity contribution is -0.280. The largest absolute Gasteiger partial charge is 0.465 e. The van der Waals surface area contributed by atoms with Crippen LogP contribution in [0.5, 0.6) is 0 Å². The summed E-state index contributed by atoms with van der Waals surface area (Å²) in [5.41, 5.74) is -1.01. The van der Waals surface area contributed by atoms with Crippen LogP contribution in [0.15, 0.2) is 103 Å². The topological polar surface area (TPSA) is 113 Å². The first-order chi connectivity index (χ1) is 28.8. The molecule has 0 saturated heterocycles. The fourth-order valence-corrected chi connectivity index (χ4v) is 10.5. The van der Waals surface area contributed by atoms with Gasteiger partial charge in [0.15, 0.2) is 11.2 Å². The summed E-state index contributed by atoms with van der Waals surface area (Å²) in [5.74, 6) is -2.04. The quantitative estimate of drug-likeness (QED) is 0.131. The van der Waals surface area contributed by atoms with Gasteiger partial charge in [0.25, 0.3) is 0 Å². The Morgan fingerprint density at radius 2 is 1.15 bits per heavy atom. The minimum Gasteiger partial charge on any atom is -0.465 e. The number of aliphatic hydroxyl groups excluding tert-OH is 1. The summed E-state index contributed by atoms with van der Waals surface area (Å²) in [6.45, 7) is 0. The lowest BCUT2D eigenvalue weighted by Crippen LogP contribution is -2.57. The molecule has 2 saturated carbocycles. The highest BCUT2D eigenvalue weighted by atomic mass is 19.4. The number of fused-ring (bicyclic) bond motifs is 6. The number of benzene rings is 4. The summed E-state index contributed by atoms with van der Waals surface area (Å²) in [4.78, 5) is 23.9. The highest BCUT2D eigenvalue weighted by Gasteiger charge is 2.63. The molecule has 13 heteroatoms. The second-order valence-electron chi connectivity index (χ2n) is 17.1. The van der Waals surface area contributed by atoms with Crippen molar-refractivity contribution in [3.63, 3.8) is 0 Å². The Kier molecular flexibility index (Phi) is 11.8. The van der Waals surface area contributed by atoms with Gasteiger partial charge in [-0.1, -0.05) is 84.9 Å². The van der Waals surface area contributed by atoms with Crippen molar-refractivity contribution in [3.8, 4) is 0 Å². The second-order valence-corrected chi connectivity index (χ2v) is 17.1. The third-order valence-corrected chi connectivity index (χ3v) is 13.8. The number of methoxy groups -OCH3 is 2. The highest BCUT2D eigenvalue weighted by Crippen LogP contribution is 2.60. The maximum Gasteiger partial charge on any atom is 0.417 e. The smallest absolute Gasteiger partial charge is 0.417 e. The van der Waals surface area contributed by atoms with E-state index < -0.39 is 77.1 Å². The Balaban J connectivity index is 0.000000184. The van der Waals surface area contributed by atoms with Gasteiger partial charge >= 0.3 is 24.3 Å². The van der Waals surface area contributed by atoms with Crippen molar-refractivity contribution >= 4 is 18.0 Å². The van der Waals surface area contributed by atoms with Crippen LogP contribution in [-0.4, -0.2) is 65.0 Å². The fraction of sp³-hybridized carbons (Fsp3) is 0.417. The number of aliphatic hydroxyl groups is 3. The van der Waals surface area contributed by atoms with Crippen LogP contribution in [0, 0.1) is 11.8 Å². The highest BCUT2D eigenvalue weighted by molar-refractivity contribution is 5.91. The summed E-state index contributed by atoms with van der Waals surface area (Å²) < 4.78 is 91.3. The fourth-order valence-electron chi connectivity index (χ4n) is 10.5. The number of ether oxygens (including phenoxy) is 2. The van der Waals surface area contributed by atoms with E-state index in [0.717, 1.165) is 27.8 Å². The molecule has 4 aromatic carbocycles. The van der Waals surface area contributed by atoms with Gasteiger partial charge in [-0.2, -0.15) is 26.3 Å². The lowest BCUT2D eigenvalue weighted by atomic mass is 9.52. The summed E-state index contributed by atoms with van der Waals surface area (Å²) in [5, 5.41) is 31.7. The van der Waals surface area contributed by atoms with Crippen molar-refractivity contribution in [3.05, 3.63) is 148 Å². The third-order valence-electron chi connectivity index (χ3n) is 13.8. The van der Waals surface area contributed by atoms with Crippen molar-refractivity contribution in [2.45, 2.75) is 98.3 Å². The minimum atomic E-state index is -4.73. The number of alkyl halides is 6. The number of rotatable bonds is 6. The molecule has 0 amide bonds. The van der Waals surface area contributed by atoms with E-state index in [9.17, 15) is 51.3 Å². The number of hydrogen-bond acceptors (Lipinski definition) is 7. The van der Waals surface area contributed by atoms with Crippen LogP contribution in [0.3, 0.4) is 0 Å². The van der Waals surface area contributed by atoms with E-state index >= 15 is 0 Å². The minimum absolute atomic E-state index is 0.0862. The zero-order valence-electron chi connectivity index (χ0n) is 33.7. The molecule has 324 valence electrons. The number of halogens is 6. The first kappa shape index (κ1) is 44.1. The number of carbonyl (C=O) groups is 2. The monoisotopic (exact) mass is 850 g/mol. The molecule has 7 atom stereocenters. The van der Waals surface area contributed by atoms with Gasteiger partial charge < -0.3 is 24.8 Å². The van der Waals surface area contributed by atoms with E-state index in [4.69, 9.17) is 9.47 Å². The second kappa shape index (κ2) is 16.4. The molecule has 0 heterocycles. The SMILES string of the molecule is COC(=O)c1ccc2c(c1)C(O)C[C@@H]1C[C@@](O)(C(F)(F)F)CC[C@@]21Cc1ccccc1.COC(=O)c1ccc2c(c1)C=C[C@@H]1C[C@@](O)(C(F)(F)F)CC[C@@]21Cc1ccccc1. The van der Waals surface area contributed by atoms with Crippen molar-refractivity contribution in [2.24, 2.45) is 11.8 Å². The van der Waals surface area contributed by atoms with Crippen molar-refractivity contribution < 1.29 is 60.7 Å². The molecule has 4 aromatic rings. The molecule has 4 aliphatic rings. The molecular formula is C48H48F6O7. The Hall–Kier alpha value is -4.98. The summed E-state index contributed by atoms with van der Waals surface area (Å²) >= 11 is 0. The summed E-state index contributed by atoms with van der Waals surface area (Å²) in [6, 6.07) is 29.3. The molecule has 61 heavy (non-hydrogen) atoms. The number of hydrogen-bond donors (Lipinski definition) is 3. The van der Waals surface area contributed by atoms with Crippen LogP contribution in [0.1, 0.15) is 105 Å². The van der Waals surface area contributed by atoms with Gasteiger partial charge in [0, 0.05) is 10.8 Å². The van der Waals surface area contributed by atoms with Crippen LogP contribution < -0.4 is 0 Å². The van der Waals surface area contributed by atoms with Crippen molar-refractivity contribution in [2.75, 3.05) is 14.2 Å². The van der Waals surface area contributed by atoms with E-state index in [-0.39, 0.29) is 37.7 Å². The lowest BCUT2D eigenvalue weighted by Gasteiger charge is -2.54. The van der Waals surface area contributed by atoms with E-state index in [0.29, 0.717) is 24.0 Å². The molecule has 3 N–H and O–H groups in total. The van der Waals surface area contributed by atoms with Crippen LogP contribution >= 0.6 is 0 Å². The van der Waals surface area contributed by atoms with Crippen molar-refractivity contribution in [1.82, 2.24) is 0 Å². The van der Waals surface area contributed by atoms with Gasteiger partial charge in [-0.3, -0.25) is 0 Å². The number of allylic oxidation sites excluding steroid dienone is 1. The summed E-state index contributed by atoms with van der Waals surface area (Å²) in [7, 11) is 2.58. The maximum atomic E-state index is 13.6. The van der Waals surface area contributed by atoms with E-state index in [1.807, 2.05) is 66.7 Å². The predicted octanol–water partition coefficient (Wildman–Crippen LogP) is 9.56. The zero-order chi connectivity index (χ0) is 44.0. The molecule has 0 aliphatic heterocycles. The van der Waals surface area contributed by atoms with E-state index in [1.165, 1.54) is 14.2 Å². The molecule has 2 fully saturated rings. The number of esters is 2. The van der Waals surface area contributed by atoms with Crippen molar-refractivity contribution in [1.29, 1.82) is 0 Å². The molecule has 0 spiro atoms. The maximum absolute atomic E-state index is 13.6. The normalized spacial score (nSPS) is 29.1. The molecular weight excluding hydrogens is 803 g/mol. The van der Waals surface area contributed by atoms with Gasteiger partial charge in [-0.25, -0.2) is 9.59 Å². The van der Waals surface area contributed by atoms with Gasteiger partial charge in [0.1, 0.15) is 0 Å². The number of carbonyl (C=O) groups excluding carboxylic acids is 2. The standard InChI is InChI=1S/C24H25F3O4.C24H23F3O3/c1-31-21(29)16-7-8-19-18(11-16)20(28)12-17-14-23(30,24(25,26)27)10-9-22(17,19)13-15-5-3-2-4-6-15;1-30-21(28)18-8-10-20-17(13-18)7-9-19-15-23(29,24(25,26)27)12-11-22(19,20)14-16-5-3-2-4-6-16/h2-8,11,17,20,28,30H,9-10,12-14H2,1H3;2-10,13,19,29H,11-12,14-15H2,1H3/t17-,20?,22+,23-;19-,22+,23-/m11/s1. The van der Waals surface area contributed by atoms with Gasteiger partial charge in [0.05, 0.1) is 31.5 Å². The zero-order valence-corrected chi connectivity index (χ0v) is 33.7. The molecule has 8 rings (SSSR count). The Labute approximate surface area is 350 Å². The first-order valence-electron chi connectivity index (χ1n) is 20.3. The van der Waals surface area contributed by atoms with Gasteiger partial charge in [-0.05, 0) is 127 Å². The first-order valence-corrected chi connectivity index (χ1v) is 20.3. The molecule has 7 nitrogen and oxygen atoms in total. The Bertz CT molecular complexity index is 2280. The third kappa shape index (κ3) is 8.12. The van der Waals surface area contributed by atoms with Gasteiger partial charge in [-0.15, -0.1) is 0 Å². The van der Waals surface area contributed by atoms with E-state index in [2.05, 4.69) is 0 Å². The molecule has 0 radical (unpaired) electrons. The molecule has 4 aliphatic carbocycles. The van der Waals surface area contributed by atoms with Crippen LogP contribution in [-0.2, 0) is 33.1 Å².